The van der Waals surface area contributed by atoms with Crippen LogP contribution in [0, 0.1) is 13.8 Å². The number of aryl methyl sites for hydroxylation is 2. The predicted molar refractivity (Wildman–Crippen MR) is 72.6 cm³/mol. The van der Waals surface area contributed by atoms with Crippen LogP contribution in [0.2, 0.25) is 0 Å². The number of hydrogen-bond donors (Lipinski definition) is 1. The molecule has 3 nitrogen and oxygen atoms in total. The first-order chi connectivity index (χ1) is 8.13. The molecular weight excluding hydrogens is 230 g/mol. The number of nitrogens with zero attached hydrogens (tertiary/aromatic N) is 2. The minimum atomic E-state index is 0.366. The molecular formula is C13H17N3S. The number of thiophene rings is 1. The molecule has 0 aromatic carbocycles. The van der Waals surface area contributed by atoms with Gasteiger partial charge in [0, 0.05) is 22.2 Å². The molecule has 1 N–H and O–H groups in total. The zero-order chi connectivity index (χ0) is 12.3. The molecule has 0 saturated heterocycles. The second-order valence-electron chi connectivity index (χ2n) is 4.32. The highest BCUT2D eigenvalue weighted by molar-refractivity contribution is 7.11. The highest BCUT2D eigenvalue weighted by Gasteiger charge is 2.06. The maximum absolute atomic E-state index is 4.11. The third-order valence-corrected chi connectivity index (χ3v) is 3.52. The van der Waals surface area contributed by atoms with Gasteiger partial charge in [0.05, 0.1) is 5.69 Å². The van der Waals surface area contributed by atoms with Crippen molar-refractivity contribution in [3.63, 3.8) is 0 Å². The summed E-state index contributed by atoms with van der Waals surface area (Å²) in [6.07, 6.45) is 1.02. The van der Waals surface area contributed by atoms with Crippen LogP contribution in [0.1, 0.15) is 22.4 Å². The van der Waals surface area contributed by atoms with Gasteiger partial charge in [0.15, 0.2) is 0 Å². The van der Waals surface area contributed by atoms with Gasteiger partial charge in [0.1, 0.15) is 5.82 Å². The molecule has 2 aromatic heterocycles. The van der Waals surface area contributed by atoms with Crippen LogP contribution in [-0.4, -0.2) is 16.2 Å². The van der Waals surface area contributed by atoms with Crippen LogP contribution >= 0.6 is 11.3 Å². The molecule has 0 aliphatic carbocycles. The van der Waals surface area contributed by atoms with E-state index in [2.05, 4.69) is 41.5 Å². The first-order valence-corrected chi connectivity index (χ1v) is 6.57. The molecule has 0 aliphatic heterocycles. The van der Waals surface area contributed by atoms with Crippen LogP contribution in [0.3, 0.4) is 0 Å². The average Bonchev–Trinajstić information content (AvgIpc) is 2.67. The Bertz CT molecular complexity index is 476. The molecule has 1 unspecified atom stereocenters. The SMILES string of the molecule is Cc1ccc(NC(C)Cc2ccc(C)s2)nn1. The van der Waals surface area contributed by atoms with E-state index < -0.39 is 0 Å². The number of rotatable bonds is 4. The van der Waals surface area contributed by atoms with E-state index in [0.717, 1.165) is 17.9 Å². The van der Waals surface area contributed by atoms with E-state index in [-0.39, 0.29) is 0 Å². The Morgan fingerprint density at radius 1 is 1.18 bits per heavy atom. The smallest absolute Gasteiger partial charge is 0.148 e. The maximum atomic E-state index is 4.11. The Labute approximate surface area is 106 Å². The minimum Gasteiger partial charge on any atom is -0.366 e. The van der Waals surface area contributed by atoms with Crippen molar-refractivity contribution in [2.75, 3.05) is 5.32 Å². The van der Waals surface area contributed by atoms with Gasteiger partial charge in [0.25, 0.3) is 0 Å². The lowest BCUT2D eigenvalue weighted by Gasteiger charge is -2.12. The molecule has 0 aliphatic rings. The van der Waals surface area contributed by atoms with Crippen molar-refractivity contribution < 1.29 is 0 Å². The number of anilines is 1. The highest BCUT2D eigenvalue weighted by atomic mass is 32.1. The third kappa shape index (κ3) is 3.53. The van der Waals surface area contributed by atoms with Crippen LogP contribution < -0.4 is 5.32 Å². The lowest BCUT2D eigenvalue weighted by molar-refractivity contribution is 0.786. The molecule has 0 saturated carbocycles. The van der Waals surface area contributed by atoms with E-state index >= 15 is 0 Å². The van der Waals surface area contributed by atoms with E-state index in [1.54, 1.807) is 0 Å². The predicted octanol–water partition coefficient (Wildman–Crippen LogP) is 3.20. The third-order valence-electron chi connectivity index (χ3n) is 2.50. The summed E-state index contributed by atoms with van der Waals surface area (Å²) in [5.41, 5.74) is 0.942. The van der Waals surface area contributed by atoms with Gasteiger partial charge < -0.3 is 5.32 Å². The molecule has 0 spiro atoms. The highest BCUT2D eigenvalue weighted by Crippen LogP contribution is 2.17. The quantitative estimate of drug-likeness (QED) is 0.901. The molecule has 2 aromatic rings. The molecule has 2 rings (SSSR count). The monoisotopic (exact) mass is 247 g/mol. The summed E-state index contributed by atoms with van der Waals surface area (Å²) in [7, 11) is 0. The number of nitrogens with one attached hydrogen (secondary N) is 1. The normalized spacial score (nSPS) is 12.4. The van der Waals surface area contributed by atoms with Crippen LogP contribution in [0.4, 0.5) is 5.82 Å². The molecule has 4 heteroatoms. The summed E-state index contributed by atoms with van der Waals surface area (Å²) < 4.78 is 0. The molecule has 0 bridgehead atoms. The topological polar surface area (TPSA) is 37.8 Å². The molecule has 0 fully saturated rings. The molecule has 0 radical (unpaired) electrons. The van der Waals surface area contributed by atoms with E-state index in [1.807, 2.05) is 30.4 Å². The Morgan fingerprint density at radius 2 is 2.00 bits per heavy atom. The van der Waals surface area contributed by atoms with Gasteiger partial charge in [-0.2, -0.15) is 5.10 Å². The fourth-order valence-corrected chi connectivity index (χ4v) is 2.70. The lowest BCUT2D eigenvalue weighted by Crippen LogP contribution is -2.18. The first kappa shape index (κ1) is 12.0. The van der Waals surface area contributed by atoms with Crippen LogP contribution in [0.5, 0.6) is 0 Å². The van der Waals surface area contributed by atoms with E-state index in [0.29, 0.717) is 6.04 Å². The molecule has 17 heavy (non-hydrogen) atoms. The van der Waals surface area contributed by atoms with Gasteiger partial charge in [-0.1, -0.05) is 0 Å². The molecule has 0 amide bonds. The van der Waals surface area contributed by atoms with Crippen molar-refractivity contribution in [3.8, 4) is 0 Å². The molecule has 90 valence electrons. The zero-order valence-electron chi connectivity index (χ0n) is 10.4. The molecule has 2 heterocycles. The van der Waals surface area contributed by atoms with Gasteiger partial charge in [-0.05, 0) is 45.0 Å². The van der Waals surface area contributed by atoms with E-state index in [4.69, 9.17) is 0 Å². The maximum Gasteiger partial charge on any atom is 0.148 e. The summed E-state index contributed by atoms with van der Waals surface area (Å²) in [5, 5.41) is 11.5. The van der Waals surface area contributed by atoms with Crippen molar-refractivity contribution in [3.05, 3.63) is 39.7 Å². The van der Waals surface area contributed by atoms with Crippen molar-refractivity contribution in [1.29, 1.82) is 0 Å². The fraction of sp³-hybridized carbons (Fsp3) is 0.385. The van der Waals surface area contributed by atoms with Crippen molar-refractivity contribution in [2.24, 2.45) is 0 Å². The minimum absolute atomic E-state index is 0.366. The Hall–Kier alpha value is -1.42. The van der Waals surface area contributed by atoms with Gasteiger partial charge in [-0.25, -0.2) is 0 Å². The van der Waals surface area contributed by atoms with Crippen LogP contribution in [0.15, 0.2) is 24.3 Å². The fourth-order valence-electron chi connectivity index (χ4n) is 1.68. The summed E-state index contributed by atoms with van der Waals surface area (Å²) >= 11 is 1.85. The largest absolute Gasteiger partial charge is 0.366 e. The van der Waals surface area contributed by atoms with Crippen molar-refractivity contribution in [2.45, 2.75) is 33.2 Å². The second kappa shape index (κ2) is 5.27. The van der Waals surface area contributed by atoms with Crippen molar-refractivity contribution in [1.82, 2.24) is 10.2 Å². The summed E-state index contributed by atoms with van der Waals surface area (Å²) in [4.78, 5) is 2.77. The number of aromatic nitrogens is 2. The van der Waals surface area contributed by atoms with Gasteiger partial charge >= 0.3 is 0 Å². The van der Waals surface area contributed by atoms with Gasteiger partial charge in [0.2, 0.25) is 0 Å². The average molecular weight is 247 g/mol. The van der Waals surface area contributed by atoms with Crippen molar-refractivity contribution >= 4 is 17.2 Å². The zero-order valence-corrected chi connectivity index (χ0v) is 11.2. The Morgan fingerprint density at radius 3 is 2.59 bits per heavy atom. The van der Waals surface area contributed by atoms with Gasteiger partial charge in [-0.15, -0.1) is 16.4 Å². The molecule has 1 atom stereocenters. The first-order valence-electron chi connectivity index (χ1n) is 5.75. The van der Waals surface area contributed by atoms with Crippen LogP contribution in [-0.2, 0) is 6.42 Å². The Balaban J connectivity index is 1.93. The summed E-state index contributed by atoms with van der Waals surface area (Å²) in [6, 6.07) is 8.66. The number of hydrogen-bond acceptors (Lipinski definition) is 4. The second-order valence-corrected chi connectivity index (χ2v) is 5.69. The Kier molecular flexibility index (Phi) is 3.74. The van der Waals surface area contributed by atoms with Gasteiger partial charge in [-0.3, -0.25) is 0 Å². The van der Waals surface area contributed by atoms with E-state index in [9.17, 15) is 0 Å². The van der Waals surface area contributed by atoms with E-state index in [1.165, 1.54) is 9.75 Å². The summed E-state index contributed by atoms with van der Waals surface area (Å²) in [5.74, 6) is 0.844. The standard InChI is InChI=1S/C13H17N3S/c1-9-4-7-13(16-15-9)14-10(2)8-12-6-5-11(3)17-12/h4-7,10H,8H2,1-3H3,(H,14,16). The van der Waals surface area contributed by atoms with Crippen LogP contribution in [0.25, 0.3) is 0 Å². The lowest BCUT2D eigenvalue weighted by atomic mass is 10.2. The summed E-state index contributed by atoms with van der Waals surface area (Å²) in [6.45, 7) is 6.24.